The first-order chi connectivity index (χ1) is 8.43. The fourth-order valence-corrected chi connectivity index (χ4v) is 1.60. The van der Waals surface area contributed by atoms with Crippen molar-refractivity contribution in [3.05, 3.63) is 29.3 Å². The first-order valence-corrected chi connectivity index (χ1v) is 5.15. The molecule has 6 nitrogen and oxygen atoms in total. The second kappa shape index (κ2) is 5.81. The molecule has 6 heteroatoms. The summed E-state index contributed by atoms with van der Waals surface area (Å²) in [5.74, 6) is -3.66. The van der Waals surface area contributed by atoms with Crippen molar-refractivity contribution in [2.24, 2.45) is 5.92 Å². The molecule has 0 saturated carbocycles. The second-order valence-electron chi connectivity index (χ2n) is 3.84. The summed E-state index contributed by atoms with van der Waals surface area (Å²) in [6.45, 7) is 0. The summed E-state index contributed by atoms with van der Waals surface area (Å²) in [5, 5.41) is 26.7. The maximum Gasteiger partial charge on any atom is 0.307 e. The Morgan fingerprint density at radius 3 is 2.44 bits per heavy atom. The molecule has 1 aromatic carbocycles. The Hall–Kier alpha value is -2.37. The summed E-state index contributed by atoms with van der Waals surface area (Å²) in [5.41, 5.74) is 0.558. The Balaban J connectivity index is 2.96. The zero-order valence-corrected chi connectivity index (χ0v) is 9.37. The van der Waals surface area contributed by atoms with Crippen LogP contribution in [-0.4, -0.2) is 33.5 Å². The number of phenols is 1. The smallest absolute Gasteiger partial charge is 0.307 e. The number of carbonyl (C=O) groups excluding carboxylic acids is 1. The third kappa shape index (κ3) is 3.58. The minimum Gasteiger partial charge on any atom is -0.508 e. The molecule has 0 aliphatic rings. The second-order valence-corrected chi connectivity index (χ2v) is 3.84. The van der Waals surface area contributed by atoms with Crippen molar-refractivity contribution in [1.82, 2.24) is 0 Å². The van der Waals surface area contributed by atoms with Gasteiger partial charge in [0, 0.05) is 5.56 Å². The van der Waals surface area contributed by atoms with Gasteiger partial charge >= 0.3 is 11.9 Å². The van der Waals surface area contributed by atoms with E-state index in [-0.39, 0.29) is 17.7 Å². The number of aromatic hydroxyl groups is 1. The average Bonchev–Trinajstić information content (AvgIpc) is 2.29. The quantitative estimate of drug-likeness (QED) is 0.649. The van der Waals surface area contributed by atoms with E-state index in [1.54, 1.807) is 0 Å². The summed E-state index contributed by atoms with van der Waals surface area (Å²) >= 11 is 0. The first-order valence-electron chi connectivity index (χ1n) is 5.15. The monoisotopic (exact) mass is 252 g/mol. The van der Waals surface area contributed by atoms with Crippen LogP contribution in [-0.2, 0) is 16.0 Å². The van der Waals surface area contributed by atoms with Gasteiger partial charge in [0.05, 0.1) is 12.3 Å². The number of carbonyl (C=O) groups is 3. The molecule has 0 saturated heterocycles. The summed E-state index contributed by atoms with van der Waals surface area (Å²) in [6.07, 6.45) is -0.0980. The Kier molecular flexibility index (Phi) is 4.42. The Labute approximate surface area is 102 Å². The molecule has 0 radical (unpaired) electrons. The molecule has 1 atom stereocenters. The van der Waals surface area contributed by atoms with Crippen molar-refractivity contribution in [2.45, 2.75) is 12.8 Å². The van der Waals surface area contributed by atoms with Crippen molar-refractivity contribution >= 4 is 18.2 Å². The fraction of sp³-hybridized carbons (Fsp3) is 0.250. The number of hydrogen-bond acceptors (Lipinski definition) is 4. The van der Waals surface area contributed by atoms with E-state index >= 15 is 0 Å². The third-order valence-electron chi connectivity index (χ3n) is 2.49. The van der Waals surface area contributed by atoms with Gasteiger partial charge in [-0.1, -0.05) is 6.07 Å². The summed E-state index contributed by atoms with van der Waals surface area (Å²) in [7, 11) is 0. The number of carboxylic acids is 2. The number of aldehydes is 1. The predicted octanol–water partition coefficient (Wildman–Crippen LogP) is 0.923. The van der Waals surface area contributed by atoms with Gasteiger partial charge in [0.1, 0.15) is 12.0 Å². The number of carboxylic acid groups (broad SMARTS) is 2. The molecule has 1 aromatic rings. The third-order valence-corrected chi connectivity index (χ3v) is 2.49. The predicted molar refractivity (Wildman–Crippen MR) is 60.6 cm³/mol. The van der Waals surface area contributed by atoms with Gasteiger partial charge < -0.3 is 15.3 Å². The number of aliphatic carboxylic acids is 2. The van der Waals surface area contributed by atoms with Crippen LogP contribution in [0.4, 0.5) is 0 Å². The molecule has 0 heterocycles. The van der Waals surface area contributed by atoms with E-state index < -0.39 is 24.3 Å². The van der Waals surface area contributed by atoms with Crippen LogP contribution in [0.1, 0.15) is 22.3 Å². The van der Waals surface area contributed by atoms with Crippen molar-refractivity contribution in [1.29, 1.82) is 0 Å². The molecule has 1 rings (SSSR count). The van der Waals surface area contributed by atoms with Gasteiger partial charge in [-0.3, -0.25) is 14.4 Å². The summed E-state index contributed by atoms with van der Waals surface area (Å²) in [6, 6.07) is 3.95. The molecule has 3 N–H and O–H groups in total. The lowest BCUT2D eigenvalue weighted by Crippen LogP contribution is -2.20. The normalized spacial score (nSPS) is 11.8. The standard InChI is InChI=1S/C12H12O6/c13-6-9-4-10(14)2-1-7(9)3-8(12(17)18)5-11(15)16/h1-2,4,6,8,14H,3,5H2,(H,15,16)(H,17,18). The number of rotatable bonds is 6. The maximum atomic E-state index is 10.9. The Morgan fingerprint density at radius 1 is 1.28 bits per heavy atom. The van der Waals surface area contributed by atoms with Crippen LogP contribution in [0, 0.1) is 5.92 Å². The molecule has 0 fully saturated rings. The van der Waals surface area contributed by atoms with Crippen molar-refractivity contribution < 1.29 is 29.7 Å². The van der Waals surface area contributed by atoms with E-state index in [1.807, 2.05) is 0 Å². The molecular formula is C12H12O6. The van der Waals surface area contributed by atoms with E-state index in [2.05, 4.69) is 0 Å². The van der Waals surface area contributed by atoms with Crippen LogP contribution in [0.15, 0.2) is 18.2 Å². The average molecular weight is 252 g/mol. The minimum absolute atomic E-state index is 0.0734. The Morgan fingerprint density at radius 2 is 1.94 bits per heavy atom. The van der Waals surface area contributed by atoms with Gasteiger partial charge in [0.15, 0.2) is 0 Å². The zero-order chi connectivity index (χ0) is 13.7. The minimum atomic E-state index is -1.23. The van der Waals surface area contributed by atoms with E-state index in [4.69, 9.17) is 10.2 Å². The van der Waals surface area contributed by atoms with Crippen LogP contribution in [0.3, 0.4) is 0 Å². The molecule has 0 bridgehead atoms. The molecule has 96 valence electrons. The van der Waals surface area contributed by atoms with E-state index in [1.165, 1.54) is 18.2 Å². The molecule has 0 amide bonds. The number of phenolic OH excluding ortho intramolecular Hbond substituents is 1. The lowest BCUT2D eigenvalue weighted by atomic mass is 9.93. The molecule has 0 aliphatic heterocycles. The lowest BCUT2D eigenvalue weighted by molar-refractivity contribution is -0.148. The van der Waals surface area contributed by atoms with Gasteiger partial charge in [-0.2, -0.15) is 0 Å². The lowest BCUT2D eigenvalue weighted by Gasteiger charge is -2.11. The van der Waals surface area contributed by atoms with Crippen LogP contribution in [0.5, 0.6) is 5.75 Å². The van der Waals surface area contributed by atoms with Crippen LogP contribution in [0.2, 0.25) is 0 Å². The van der Waals surface area contributed by atoms with Gasteiger partial charge in [-0.05, 0) is 24.1 Å². The molecule has 0 aromatic heterocycles. The molecular weight excluding hydrogens is 240 g/mol. The van der Waals surface area contributed by atoms with Gasteiger partial charge in [0.25, 0.3) is 0 Å². The van der Waals surface area contributed by atoms with Crippen molar-refractivity contribution in [2.75, 3.05) is 0 Å². The highest BCUT2D eigenvalue weighted by Crippen LogP contribution is 2.20. The molecule has 1 unspecified atom stereocenters. The van der Waals surface area contributed by atoms with Crippen molar-refractivity contribution in [3.8, 4) is 5.75 Å². The van der Waals surface area contributed by atoms with Crippen LogP contribution < -0.4 is 0 Å². The van der Waals surface area contributed by atoms with E-state index in [9.17, 15) is 19.5 Å². The highest BCUT2D eigenvalue weighted by molar-refractivity contribution is 5.80. The van der Waals surface area contributed by atoms with E-state index in [0.717, 1.165) is 0 Å². The Bertz CT molecular complexity index is 479. The SMILES string of the molecule is O=Cc1cc(O)ccc1CC(CC(=O)O)C(=O)O. The van der Waals surface area contributed by atoms with Gasteiger partial charge in [-0.15, -0.1) is 0 Å². The largest absolute Gasteiger partial charge is 0.508 e. The first kappa shape index (κ1) is 13.7. The van der Waals surface area contributed by atoms with Gasteiger partial charge in [-0.25, -0.2) is 0 Å². The van der Waals surface area contributed by atoms with E-state index in [0.29, 0.717) is 11.8 Å². The number of benzene rings is 1. The molecule has 0 spiro atoms. The van der Waals surface area contributed by atoms with Crippen LogP contribution in [0.25, 0.3) is 0 Å². The summed E-state index contributed by atoms with van der Waals surface area (Å²) in [4.78, 5) is 32.2. The highest BCUT2D eigenvalue weighted by atomic mass is 16.4. The molecule has 0 aliphatic carbocycles. The van der Waals surface area contributed by atoms with Crippen molar-refractivity contribution in [3.63, 3.8) is 0 Å². The van der Waals surface area contributed by atoms with Crippen LogP contribution >= 0.6 is 0 Å². The topological polar surface area (TPSA) is 112 Å². The fourth-order valence-electron chi connectivity index (χ4n) is 1.60. The highest BCUT2D eigenvalue weighted by Gasteiger charge is 2.22. The summed E-state index contributed by atoms with van der Waals surface area (Å²) < 4.78 is 0. The van der Waals surface area contributed by atoms with Gasteiger partial charge in [0.2, 0.25) is 0 Å². The maximum absolute atomic E-state index is 10.9. The molecule has 18 heavy (non-hydrogen) atoms. The zero-order valence-electron chi connectivity index (χ0n) is 9.37. The number of hydrogen-bond donors (Lipinski definition) is 3.